The van der Waals surface area contributed by atoms with E-state index in [4.69, 9.17) is 0 Å². The van der Waals surface area contributed by atoms with Crippen LogP contribution in [-0.2, 0) is 20.9 Å². The number of urea groups is 1. The second-order valence-corrected chi connectivity index (χ2v) is 6.22. The normalized spacial score (nSPS) is 14.8. The molecule has 1 aromatic carbocycles. The standard InChI is InChI=1S/C17H21N3O4/c1-12(2)9-19-15(22)16(23)20(17(19)24)11-14(21)18(3)10-13-7-5-4-6-8-13/h4-8,12H,9-11H2,1-3H3. The van der Waals surface area contributed by atoms with Gasteiger partial charge in [-0.2, -0.15) is 0 Å². The van der Waals surface area contributed by atoms with Crippen LogP contribution in [-0.4, -0.2) is 58.6 Å². The zero-order valence-electron chi connectivity index (χ0n) is 14.1. The summed E-state index contributed by atoms with van der Waals surface area (Å²) in [7, 11) is 1.59. The molecule has 1 aliphatic heterocycles. The first kappa shape index (κ1) is 17.7. The van der Waals surface area contributed by atoms with Crippen molar-refractivity contribution < 1.29 is 19.2 Å². The molecule has 0 bridgehead atoms. The molecule has 0 spiro atoms. The highest BCUT2D eigenvalue weighted by Crippen LogP contribution is 2.14. The predicted octanol–water partition coefficient (Wildman–Crippen LogP) is 1.09. The molecule has 7 nitrogen and oxygen atoms in total. The van der Waals surface area contributed by atoms with Crippen molar-refractivity contribution in [1.29, 1.82) is 0 Å². The van der Waals surface area contributed by atoms with Gasteiger partial charge >= 0.3 is 17.8 Å². The highest BCUT2D eigenvalue weighted by atomic mass is 16.2. The Kier molecular flexibility index (Phi) is 5.33. The Balaban J connectivity index is 2.01. The molecule has 24 heavy (non-hydrogen) atoms. The van der Waals surface area contributed by atoms with Crippen LogP contribution in [0.15, 0.2) is 30.3 Å². The molecule has 2 rings (SSSR count). The molecule has 0 aliphatic carbocycles. The zero-order valence-corrected chi connectivity index (χ0v) is 14.1. The molecule has 0 radical (unpaired) electrons. The monoisotopic (exact) mass is 331 g/mol. The van der Waals surface area contributed by atoms with E-state index in [1.165, 1.54) is 4.90 Å². The van der Waals surface area contributed by atoms with E-state index in [1.807, 2.05) is 44.2 Å². The molecule has 0 aromatic heterocycles. The summed E-state index contributed by atoms with van der Waals surface area (Å²) in [4.78, 5) is 51.4. The number of hydrogen-bond acceptors (Lipinski definition) is 4. The minimum Gasteiger partial charge on any atom is -0.340 e. The van der Waals surface area contributed by atoms with Crippen LogP contribution in [0.25, 0.3) is 0 Å². The average Bonchev–Trinajstić information content (AvgIpc) is 2.73. The van der Waals surface area contributed by atoms with Gasteiger partial charge in [-0.05, 0) is 11.5 Å². The molecule has 1 saturated heterocycles. The van der Waals surface area contributed by atoms with Gasteiger partial charge in [0, 0.05) is 20.1 Å². The molecule has 5 amide bonds. The second-order valence-electron chi connectivity index (χ2n) is 6.22. The Bertz CT molecular complexity index is 657. The Morgan fingerprint density at radius 1 is 1.04 bits per heavy atom. The number of nitrogens with zero attached hydrogens (tertiary/aromatic N) is 3. The molecule has 128 valence electrons. The maximum atomic E-state index is 12.3. The minimum atomic E-state index is -0.942. The Labute approximate surface area is 140 Å². The second kappa shape index (κ2) is 7.25. The highest BCUT2D eigenvalue weighted by Gasteiger charge is 2.45. The molecular formula is C17H21N3O4. The topological polar surface area (TPSA) is 78.0 Å². The largest absolute Gasteiger partial charge is 0.340 e. The van der Waals surface area contributed by atoms with Crippen LogP contribution in [0.4, 0.5) is 4.79 Å². The van der Waals surface area contributed by atoms with E-state index in [0.29, 0.717) is 11.4 Å². The Morgan fingerprint density at radius 2 is 1.62 bits per heavy atom. The molecule has 7 heteroatoms. The lowest BCUT2D eigenvalue weighted by molar-refractivity contribution is -0.144. The maximum absolute atomic E-state index is 12.3. The number of imide groups is 2. The lowest BCUT2D eigenvalue weighted by atomic mass is 10.2. The van der Waals surface area contributed by atoms with E-state index in [-0.39, 0.29) is 12.5 Å². The van der Waals surface area contributed by atoms with Crippen LogP contribution in [0, 0.1) is 5.92 Å². The lowest BCUT2D eigenvalue weighted by Gasteiger charge is -2.21. The van der Waals surface area contributed by atoms with Crippen LogP contribution in [0.3, 0.4) is 0 Å². The third-order valence-electron chi connectivity index (χ3n) is 3.66. The Morgan fingerprint density at radius 3 is 2.21 bits per heavy atom. The number of benzene rings is 1. The van der Waals surface area contributed by atoms with E-state index in [0.717, 1.165) is 10.5 Å². The van der Waals surface area contributed by atoms with E-state index < -0.39 is 30.3 Å². The van der Waals surface area contributed by atoms with Crippen LogP contribution in [0.2, 0.25) is 0 Å². The number of likely N-dealkylation sites (N-methyl/N-ethyl adjacent to an activating group) is 1. The fraction of sp³-hybridized carbons (Fsp3) is 0.412. The van der Waals surface area contributed by atoms with Gasteiger partial charge in [-0.25, -0.2) is 9.69 Å². The van der Waals surface area contributed by atoms with Gasteiger partial charge in [-0.15, -0.1) is 0 Å². The van der Waals surface area contributed by atoms with Gasteiger partial charge in [0.05, 0.1) is 0 Å². The highest BCUT2D eigenvalue weighted by molar-refractivity contribution is 6.45. The summed E-state index contributed by atoms with van der Waals surface area (Å²) in [6.45, 7) is 3.77. The molecule has 0 unspecified atom stereocenters. The number of carbonyl (C=O) groups excluding carboxylic acids is 4. The first-order chi connectivity index (χ1) is 11.3. The van der Waals surface area contributed by atoms with Crippen molar-refractivity contribution in [1.82, 2.24) is 14.7 Å². The summed E-state index contributed by atoms with van der Waals surface area (Å²) in [5.74, 6) is -2.17. The summed E-state index contributed by atoms with van der Waals surface area (Å²) >= 11 is 0. The fourth-order valence-corrected chi connectivity index (χ4v) is 2.42. The average molecular weight is 331 g/mol. The molecule has 1 aromatic rings. The van der Waals surface area contributed by atoms with Gasteiger partial charge in [0.15, 0.2) is 0 Å². The molecule has 0 saturated carbocycles. The molecule has 0 N–H and O–H groups in total. The summed E-state index contributed by atoms with van der Waals surface area (Å²) in [5, 5.41) is 0. The van der Waals surface area contributed by atoms with Gasteiger partial charge in [0.1, 0.15) is 6.54 Å². The van der Waals surface area contributed by atoms with Crippen molar-refractivity contribution in [2.75, 3.05) is 20.1 Å². The molecule has 1 fully saturated rings. The SMILES string of the molecule is CC(C)CN1C(=O)C(=O)N(CC(=O)N(C)Cc2ccccc2)C1=O. The summed E-state index contributed by atoms with van der Waals surface area (Å²) in [6.07, 6.45) is 0. The van der Waals surface area contributed by atoms with E-state index in [9.17, 15) is 19.2 Å². The van der Waals surface area contributed by atoms with E-state index >= 15 is 0 Å². The quantitative estimate of drug-likeness (QED) is 0.577. The fourth-order valence-electron chi connectivity index (χ4n) is 2.42. The van der Waals surface area contributed by atoms with Gasteiger partial charge in [0.25, 0.3) is 0 Å². The third-order valence-corrected chi connectivity index (χ3v) is 3.66. The van der Waals surface area contributed by atoms with Crippen LogP contribution in [0.1, 0.15) is 19.4 Å². The first-order valence-corrected chi connectivity index (χ1v) is 7.76. The van der Waals surface area contributed by atoms with Crippen molar-refractivity contribution in [3.63, 3.8) is 0 Å². The van der Waals surface area contributed by atoms with Crippen LogP contribution < -0.4 is 0 Å². The van der Waals surface area contributed by atoms with Gasteiger partial charge in [0.2, 0.25) is 5.91 Å². The van der Waals surface area contributed by atoms with Gasteiger partial charge in [-0.3, -0.25) is 19.3 Å². The minimum absolute atomic E-state index is 0.0436. The van der Waals surface area contributed by atoms with Crippen molar-refractivity contribution in [2.24, 2.45) is 5.92 Å². The first-order valence-electron chi connectivity index (χ1n) is 7.76. The summed E-state index contributed by atoms with van der Waals surface area (Å²) in [5.41, 5.74) is 0.935. The third kappa shape index (κ3) is 3.79. The number of rotatable bonds is 6. The summed E-state index contributed by atoms with van der Waals surface area (Å²) < 4.78 is 0. The number of amides is 5. The van der Waals surface area contributed by atoms with E-state index in [2.05, 4.69) is 0 Å². The smallest absolute Gasteiger partial charge is 0.334 e. The van der Waals surface area contributed by atoms with Crippen molar-refractivity contribution in [2.45, 2.75) is 20.4 Å². The van der Waals surface area contributed by atoms with Gasteiger partial charge < -0.3 is 4.90 Å². The molecule has 1 heterocycles. The van der Waals surface area contributed by atoms with Crippen LogP contribution >= 0.6 is 0 Å². The maximum Gasteiger partial charge on any atom is 0.334 e. The zero-order chi connectivity index (χ0) is 17.9. The lowest BCUT2D eigenvalue weighted by Crippen LogP contribution is -2.42. The van der Waals surface area contributed by atoms with Gasteiger partial charge in [-0.1, -0.05) is 44.2 Å². The number of carbonyl (C=O) groups is 4. The molecule has 1 aliphatic rings. The summed E-state index contributed by atoms with van der Waals surface area (Å²) in [6, 6.07) is 8.64. The molecular weight excluding hydrogens is 310 g/mol. The predicted molar refractivity (Wildman–Crippen MR) is 86.6 cm³/mol. The number of hydrogen-bond donors (Lipinski definition) is 0. The Hall–Kier alpha value is -2.70. The molecule has 0 atom stereocenters. The van der Waals surface area contributed by atoms with Crippen LogP contribution in [0.5, 0.6) is 0 Å². The van der Waals surface area contributed by atoms with Crippen molar-refractivity contribution >= 4 is 23.8 Å². The van der Waals surface area contributed by atoms with Crippen molar-refractivity contribution in [3.8, 4) is 0 Å². The van der Waals surface area contributed by atoms with Crippen molar-refractivity contribution in [3.05, 3.63) is 35.9 Å². The van der Waals surface area contributed by atoms with E-state index in [1.54, 1.807) is 7.05 Å².